The Labute approximate surface area is 105 Å². The van der Waals surface area contributed by atoms with Crippen molar-refractivity contribution in [1.29, 1.82) is 0 Å². The second-order valence-electron chi connectivity index (χ2n) is 3.73. The third-order valence-corrected chi connectivity index (χ3v) is 2.80. The van der Waals surface area contributed by atoms with Crippen LogP contribution < -0.4 is 0 Å². The highest BCUT2D eigenvalue weighted by Gasteiger charge is 2.04. The zero-order valence-corrected chi connectivity index (χ0v) is 11.2. The molecular formula is C13H17NO2S. The highest BCUT2D eigenvalue weighted by Crippen LogP contribution is 2.15. The van der Waals surface area contributed by atoms with Crippen molar-refractivity contribution in [2.24, 2.45) is 5.92 Å². The van der Waals surface area contributed by atoms with Crippen LogP contribution in [0.4, 0.5) is 0 Å². The minimum absolute atomic E-state index is 0.00921. The minimum atomic E-state index is -0.118. The SMILES string of the molecule is CCOC(=O)C(C)C.c1ccc2scnc2c1. The number of para-hydroxylation sites is 1. The van der Waals surface area contributed by atoms with Gasteiger partial charge in [0.25, 0.3) is 0 Å². The standard InChI is InChI=1S/C7H5NS.C6H12O2/c1-2-4-7-6(3-1)8-5-9-7;1-4-8-6(7)5(2)3/h1-5H;5H,4H2,1-3H3. The molecule has 0 bridgehead atoms. The van der Waals surface area contributed by atoms with E-state index in [0.29, 0.717) is 6.61 Å². The highest BCUT2D eigenvalue weighted by atomic mass is 32.1. The van der Waals surface area contributed by atoms with E-state index in [2.05, 4.69) is 15.8 Å². The van der Waals surface area contributed by atoms with Gasteiger partial charge in [0.1, 0.15) is 0 Å². The Morgan fingerprint density at radius 1 is 1.41 bits per heavy atom. The van der Waals surface area contributed by atoms with Crippen molar-refractivity contribution in [3.05, 3.63) is 29.8 Å². The molecule has 0 aliphatic heterocycles. The van der Waals surface area contributed by atoms with E-state index < -0.39 is 0 Å². The summed E-state index contributed by atoms with van der Waals surface area (Å²) in [6, 6.07) is 8.13. The molecule has 1 heterocycles. The largest absolute Gasteiger partial charge is 0.466 e. The Hall–Kier alpha value is -1.42. The summed E-state index contributed by atoms with van der Waals surface area (Å²) in [5, 5.41) is 0. The number of benzene rings is 1. The van der Waals surface area contributed by atoms with Gasteiger partial charge in [0, 0.05) is 0 Å². The molecular weight excluding hydrogens is 234 g/mol. The maximum atomic E-state index is 10.5. The lowest BCUT2D eigenvalue weighted by Gasteiger charge is -2.01. The molecule has 0 aliphatic carbocycles. The smallest absolute Gasteiger partial charge is 0.308 e. The first-order valence-corrected chi connectivity index (χ1v) is 6.48. The quantitative estimate of drug-likeness (QED) is 0.767. The van der Waals surface area contributed by atoms with E-state index in [4.69, 9.17) is 0 Å². The monoisotopic (exact) mass is 251 g/mol. The number of hydrogen-bond donors (Lipinski definition) is 0. The van der Waals surface area contributed by atoms with Crippen LogP contribution in [0.15, 0.2) is 29.8 Å². The van der Waals surface area contributed by atoms with Crippen molar-refractivity contribution >= 4 is 27.5 Å². The molecule has 0 spiro atoms. The summed E-state index contributed by atoms with van der Waals surface area (Å²) in [4.78, 5) is 14.7. The highest BCUT2D eigenvalue weighted by molar-refractivity contribution is 7.16. The first-order chi connectivity index (χ1) is 8.15. The van der Waals surface area contributed by atoms with E-state index in [1.165, 1.54) is 4.70 Å². The van der Waals surface area contributed by atoms with E-state index >= 15 is 0 Å². The normalized spacial score (nSPS) is 9.88. The molecule has 0 amide bonds. The van der Waals surface area contributed by atoms with Gasteiger partial charge in [-0.3, -0.25) is 4.79 Å². The Balaban J connectivity index is 0.000000172. The lowest BCUT2D eigenvalue weighted by molar-refractivity contribution is -0.146. The van der Waals surface area contributed by atoms with E-state index in [0.717, 1.165) is 5.52 Å². The van der Waals surface area contributed by atoms with Crippen LogP contribution in [0, 0.1) is 5.92 Å². The summed E-state index contributed by atoms with van der Waals surface area (Å²) in [7, 11) is 0. The number of hydrogen-bond acceptors (Lipinski definition) is 4. The third-order valence-electron chi connectivity index (χ3n) is 1.99. The summed E-state index contributed by atoms with van der Waals surface area (Å²) >= 11 is 1.68. The van der Waals surface area contributed by atoms with Gasteiger partial charge in [-0.25, -0.2) is 4.98 Å². The number of carbonyl (C=O) groups is 1. The number of esters is 1. The van der Waals surface area contributed by atoms with Crippen LogP contribution in [0.3, 0.4) is 0 Å². The predicted octanol–water partition coefficient (Wildman–Crippen LogP) is 3.50. The number of fused-ring (bicyclic) bond motifs is 1. The summed E-state index contributed by atoms with van der Waals surface area (Å²) < 4.78 is 5.93. The van der Waals surface area contributed by atoms with Crippen molar-refractivity contribution in [3.8, 4) is 0 Å². The second kappa shape index (κ2) is 7.01. The molecule has 1 aromatic heterocycles. The molecule has 0 radical (unpaired) electrons. The fourth-order valence-corrected chi connectivity index (χ4v) is 1.79. The first-order valence-electron chi connectivity index (χ1n) is 5.60. The van der Waals surface area contributed by atoms with Gasteiger partial charge in [0.15, 0.2) is 0 Å². The molecule has 0 N–H and O–H groups in total. The fourth-order valence-electron chi connectivity index (χ4n) is 1.11. The van der Waals surface area contributed by atoms with Crippen molar-refractivity contribution in [2.45, 2.75) is 20.8 Å². The zero-order valence-electron chi connectivity index (χ0n) is 10.3. The molecule has 1 aromatic carbocycles. The molecule has 17 heavy (non-hydrogen) atoms. The van der Waals surface area contributed by atoms with Gasteiger partial charge in [-0.05, 0) is 19.1 Å². The van der Waals surface area contributed by atoms with E-state index in [-0.39, 0.29) is 11.9 Å². The topological polar surface area (TPSA) is 39.2 Å². The fraction of sp³-hybridized carbons (Fsp3) is 0.385. The van der Waals surface area contributed by atoms with Gasteiger partial charge in [-0.2, -0.15) is 0 Å². The molecule has 0 unspecified atom stereocenters. The molecule has 0 saturated heterocycles. The van der Waals surface area contributed by atoms with Crippen LogP contribution in [0.5, 0.6) is 0 Å². The third kappa shape index (κ3) is 4.53. The molecule has 0 fully saturated rings. The number of nitrogens with zero attached hydrogens (tertiary/aromatic N) is 1. The zero-order chi connectivity index (χ0) is 12.7. The molecule has 2 rings (SSSR count). The van der Waals surface area contributed by atoms with E-state index in [1.54, 1.807) is 18.3 Å². The lowest BCUT2D eigenvalue weighted by atomic mass is 10.2. The van der Waals surface area contributed by atoms with Crippen molar-refractivity contribution in [3.63, 3.8) is 0 Å². The predicted molar refractivity (Wildman–Crippen MR) is 71.1 cm³/mol. The Kier molecular flexibility index (Phi) is 5.63. The van der Waals surface area contributed by atoms with Crippen LogP contribution in [-0.4, -0.2) is 17.6 Å². The van der Waals surface area contributed by atoms with Gasteiger partial charge in [-0.1, -0.05) is 26.0 Å². The summed E-state index contributed by atoms with van der Waals surface area (Å²) in [5.41, 5.74) is 2.97. The lowest BCUT2D eigenvalue weighted by Crippen LogP contribution is -2.10. The summed E-state index contributed by atoms with van der Waals surface area (Å²) in [6.07, 6.45) is 0. The molecule has 0 aliphatic rings. The Morgan fingerprint density at radius 3 is 2.65 bits per heavy atom. The molecule has 0 saturated carbocycles. The molecule has 92 valence electrons. The summed E-state index contributed by atoms with van der Waals surface area (Å²) in [6.45, 7) is 5.92. The van der Waals surface area contributed by atoms with Gasteiger partial charge in [0.05, 0.1) is 28.3 Å². The number of aromatic nitrogens is 1. The summed E-state index contributed by atoms with van der Waals surface area (Å²) in [5.74, 6) is -0.109. The van der Waals surface area contributed by atoms with Gasteiger partial charge in [-0.15, -0.1) is 11.3 Å². The number of thiazole rings is 1. The molecule has 2 aromatic rings. The van der Waals surface area contributed by atoms with Crippen LogP contribution in [0.2, 0.25) is 0 Å². The Bertz CT molecular complexity index is 435. The molecule has 4 heteroatoms. The molecule has 0 atom stereocenters. The maximum absolute atomic E-state index is 10.5. The second-order valence-corrected chi connectivity index (χ2v) is 4.61. The molecule has 3 nitrogen and oxygen atoms in total. The minimum Gasteiger partial charge on any atom is -0.466 e. The van der Waals surface area contributed by atoms with Crippen LogP contribution >= 0.6 is 11.3 Å². The maximum Gasteiger partial charge on any atom is 0.308 e. The van der Waals surface area contributed by atoms with Crippen molar-refractivity contribution in [2.75, 3.05) is 6.61 Å². The number of carbonyl (C=O) groups excluding carboxylic acids is 1. The van der Waals surface area contributed by atoms with Crippen LogP contribution in [-0.2, 0) is 9.53 Å². The van der Waals surface area contributed by atoms with Crippen LogP contribution in [0.1, 0.15) is 20.8 Å². The number of ether oxygens (including phenoxy) is 1. The van der Waals surface area contributed by atoms with Crippen molar-refractivity contribution in [1.82, 2.24) is 4.98 Å². The van der Waals surface area contributed by atoms with Crippen LogP contribution in [0.25, 0.3) is 10.2 Å². The van der Waals surface area contributed by atoms with E-state index in [1.807, 2.05) is 37.6 Å². The van der Waals surface area contributed by atoms with Crippen molar-refractivity contribution < 1.29 is 9.53 Å². The van der Waals surface area contributed by atoms with Gasteiger partial charge in [0.2, 0.25) is 0 Å². The Morgan fingerprint density at radius 2 is 2.12 bits per heavy atom. The number of rotatable bonds is 2. The van der Waals surface area contributed by atoms with Gasteiger partial charge >= 0.3 is 5.97 Å². The first kappa shape index (κ1) is 13.6. The average Bonchev–Trinajstić information content (AvgIpc) is 2.78. The van der Waals surface area contributed by atoms with Gasteiger partial charge < -0.3 is 4.74 Å². The average molecular weight is 251 g/mol. The van der Waals surface area contributed by atoms with E-state index in [9.17, 15) is 4.79 Å².